The lowest BCUT2D eigenvalue weighted by molar-refractivity contribution is 1.04. The summed E-state index contributed by atoms with van der Waals surface area (Å²) in [5, 5.41) is 1.11. The van der Waals surface area contributed by atoms with E-state index >= 15 is 0 Å². The van der Waals surface area contributed by atoms with E-state index in [4.69, 9.17) is 10.8 Å². The molecule has 1 aliphatic carbocycles. The predicted molar refractivity (Wildman–Crippen MR) is 78.7 cm³/mol. The summed E-state index contributed by atoms with van der Waals surface area (Å²) in [6.45, 7) is 4.19. The molecule has 2 aromatic rings. The summed E-state index contributed by atoms with van der Waals surface area (Å²) in [5.41, 5.74) is 8.39. The standard InChI is InChI=1S/C14H16BrN3/c1-7-5-11-13(8(2)14(7)15)12(18-16)6-10(17-11)9-3-4-9/h5-6,9H,3-4,16H2,1-2H3,(H,17,18). The summed E-state index contributed by atoms with van der Waals surface area (Å²) in [7, 11) is 0. The average molecular weight is 306 g/mol. The Morgan fingerprint density at radius 2 is 2.06 bits per heavy atom. The van der Waals surface area contributed by atoms with Gasteiger partial charge in [0.15, 0.2) is 0 Å². The van der Waals surface area contributed by atoms with Crippen LogP contribution in [0.25, 0.3) is 10.9 Å². The molecule has 1 aliphatic rings. The van der Waals surface area contributed by atoms with Crippen molar-refractivity contribution in [2.75, 3.05) is 5.43 Å². The number of nitrogens with zero attached hydrogens (tertiary/aromatic N) is 1. The van der Waals surface area contributed by atoms with E-state index in [2.05, 4.69) is 47.3 Å². The lowest BCUT2D eigenvalue weighted by Gasteiger charge is -2.13. The fourth-order valence-electron chi connectivity index (χ4n) is 2.46. The van der Waals surface area contributed by atoms with Gasteiger partial charge < -0.3 is 5.43 Å². The zero-order valence-corrected chi connectivity index (χ0v) is 12.1. The zero-order valence-electron chi connectivity index (χ0n) is 10.5. The van der Waals surface area contributed by atoms with Gasteiger partial charge in [0.2, 0.25) is 0 Å². The lowest BCUT2D eigenvalue weighted by Crippen LogP contribution is -2.09. The summed E-state index contributed by atoms with van der Waals surface area (Å²) in [6.07, 6.45) is 2.49. The topological polar surface area (TPSA) is 50.9 Å². The fraction of sp³-hybridized carbons (Fsp3) is 0.357. The number of aryl methyl sites for hydroxylation is 2. The van der Waals surface area contributed by atoms with Crippen molar-refractivity contribution >= 4 is 32.5 Å². The van der Waals surface area contributed by atoms with Crippen LogP contribution in [-0.2, 0) is 0 Å². The third-order valence-corrected chi connectivity index (χ3v) is 4.84. The molecular weight excluding hydrogens is 290 g/mol. The molecule has 1 aromatic heterocycles. The zero-order chi connectivity index (χ0) is 12.9. The van der Waals surface area contributed by atoms with Crippen LogP contribution >= 0.6 is 15.9 Å². The smallest absolute Gasteiger partial charge is 0.0732 e. The summed E-state index contributed by atoms with van der Waals surface area (Å²) in [6, 6.07) is 4.22. The van der Waals surface area contributed by atoms with Crippen LogP contribution in [0.4, 0.5) is 5.69 Å². The normalized spacial score (nSPS) is 15.1. The molecule has 0 aliphatic heterocycles. The summed E-state index contributed by atoms with van der Waals surface area (Å²) in [5.74, 6) is 6.30. The maximum absolute atomic E-state index is 5.67. The van der Waals surface area contributed by atoms with Gasteiger partial charge in [0.25, 0.3) is 0 Å². The van der Waals surface area contributed by atoms with Gasteiger partial charge in [-0.25, -0.2) is 0 Å². The van der Waals surface area contributed by atoms with Gasteiger partial charge in [-0.05, 0) is 49.9 Å². The summed E-state index contributed by atoms with van der Waals surface area (Å²) < 4.78 is 1.13. The molecule has 0 amide bonds. The molecular formula is C14H16BrN3. The van der Waals surface area contributed by atoms with Crippen molar-refractivity contribution in [1.82, 2.24) is 4.98 Å². The van der Waals surface area contributed by atoms with Crippen LogP contribution in [0.15, 0.2) is 16.6 Å². The first-order valence-corrected chi connectivity index (χ1v) is 6.98. The molecule has 0 spiro atoms. The number of aromatic nitrogens is 1. The van der Waals surface area contributed by atoms with Gasteiger partial charge in [0.05, 0.1) is 11.2 Å². The monoisotopic (exact) mass is 305 g/mol. The fourth-order valence-corrected chi connectivity index (χ4v) is 2.77. The minimum atomic E-state index is 0.630. The lowest BCUT2D eigenvalue weighted by atomic mass is 10.0. The van der Waals surface area contributed by atoms with E-state index in [1.807, 2.05) is 0 Å². The van der Waals surface area contributed by atoms with Crippen LogP contribution in [0.5, 0.6) is 0 Å². The van der Waals surface area contributed by atoms with Gasteiger partial charge >= 0.3 is 0 Å². The first-order valence-electron chi connectivity index (χ1n) is 6.18. The van der Waals surface area contributed by atoms with Crippen molar-refractivity contribution in [3.05, 3.63) is 33.4 Å². The van der Waals surface area contributed by atoms with Crippen LogP contribution in [0.2, 0.25) is 0 Å². The molecule has 4 heteroatoms. The van der Waals surface area contributed by atoms with E-state index < -0.39 is 0 Å². The van der Waals surface area contributed by atoms with Crippen molar-refractivity contribution in [2.45, 2.75) is 32.6 Å². The van der Waals surface area contributed by atoms with E-state index in [9.17, 15) is 0 Å². The second kappa shape index (κ2) is 4.21. The maximum Gasteiger partial charge on any atom is 0.0732 e. The average Bonchev–Trinajstić information content (AvgIpc) is 3.18. The molecule has 1 saturated carbocycles. The van der Waals surface area contributed by atoms with Gasteiger partial charge in [-0.2, -0.15) is 0 Å². The van der Waals surface area contributed by atoms with Gasteiger partial charge in [-0.1, -0.05) is 15.9 Å². The highest BCUT2D eigenvalue weighted by molar-refractivity contribution is 9.10. The highest BCUT2D eigenvalue weighted by atomic mass is 79.9. The first kappa shape index (κ1) is 11.9. The Hall–Kier alpha value is -1.13. The number of nitrogen functional groups attached to an aromatic ring is 1. The number of nitrogens with two attached hydrogens (primary N) is 1. The molecule has 0 bridgehead atoms. The third kappa shape index (κ3) is 1.80. The number of pyridine rings is 1. The Morgan fingerprint density at radius 1 is 1.33 bits per heavy atom. The van der Waals surface area contributed by atoms with E-state index in [0.29, 0.717) is 5.92 Å². The minimum absolute atomic E-state index is 0.630. The van der Waals surface area contributed by atoms with Crippen molar-refractivity contribution in [1.29, 1.82) is 0 Å². The Bertz CT molecular complexity index is 633. The molecule has 1 aromatic carbocycles. The molecule has 3 rings (SSSR count). The van der Waals surface area contributed by atoms with E-state index in [-0.39, 0.29) is 0 Å². The van der Waals surface area contributed by atoms with Gasteiger partial charge in [0, 0.05) is 21.5 Å². The number of fused-ring (bicyclic) bond motifs is 1. The quantitative estimate of drug-likeness (QED) is 0.656. The van der Waals surface area contributed by atoms with Crippen molar-refractivity contribution in [3.63, 3.8) is 0 Å². The molecule has 0 unspecified atom stereocenters. The van der Waals surface area contributed by atoms with Crippen molar-refractivity contribution < 1.29 is 0 Å². The first-order chi connectivity index (χ1) is 8.61. The molecule has 3 N–H and O–H groups in total. The predicted octanol–water partition coefficient (Wildman–Crippen LogP) is 3.78. The second-order valence-corrected chi connectivity index (χ2v) is 5.83. The highest BCUT2D eigenvalue weighted by Crippen LogP contribution is 2.42. The van der Waals surface area contributed by atoms with Crippen LogP contribution in [0.1, 0.15) is 35.6 Å². The molecule has 1 fully saturated rings. The van der Waals surface area contributed by atoms with E-state index in [1.54, 1.807) is 0 Å². The Kier molecular flexibility index (Phi) is 2.79. The number of nitrogens with one attached hydrogen (secondary N) is 1. The highest BCUT2D eigenvalue weighted by Gasteiger charge is 2.26. The van der Waals surface area contributed by atoms with Crippen LogP contribution in [0.3, 0.4) is 0 Å². The minimum Gasteiger partial charge on any atom is -0.323 e. The number of benzene rings is 1. The second-order valence-electron chi connectivity index (χ2n) is 5.04. The maximum atomic E-state index is 5.67. The summed E-state index contributed by atoms with van der Waals surface area (Å²) >= 11 is 3.63. The van der Waals surface area contributed by atoms with E-state index in [1.165, 1.54) is 24.0 Å². The number of rotatable bonds is 2. The number of halogens is 1. The van der Waals surface area contributed by atoms with Crippen LogP contribution in [0, 0.1) is 13.8 Å². The Balaban J connectivity index is 2.35. The summed E-state index contributed by atoms with van der Waals surface area (Å²) in [4.78, 5) is 4.79. The van der Waals surface area contributed by atoms with Gasteiger partial charge in [0.1, 0.15) is 0 Å². The number of hydrogen-bond donors (Lipinski definition) is 2. The van der Waals surface area contributed by atoms with Crippen molar-refractivity contribution in [3.8, 4) is 0 Å². The molecule has 18 heavy (non-hydrogen) atoms. The number of anilines is 1. The third-order valence-electron chi connectivity index (χ3n) is 3.62. The SMILES string of the molecule is Cc1cc2nc(C3CC3)cc(NN)c2c(C)c1Br. The van der Waals surface area contributed by atoms with Gasteiger partial charge in [-0.15, -0.1) is 0 Å². The van der Waals surface area contributed by atoms with E-state index in [0.717, 1.165) is 26.8 Å². The van der Waals surface area contributed by atoms with Crippen LogP contribution < -0.4 is 11.3 Å². The van der Waals surface area contributed by atoms with Crippen molar-refractivity contribution in [2.24, 2.45) is 5.84 Å². The molecule has 1 heterocycles. The Morgan fingerprint density at radius 3 is 2.67 bits per heavy atom. The molecule has 0 radical (unpaired) electrons. The number of hydrazine groups is 1. The molecule has 3 nitrogen and oxygen atoms in total. The molecule has 0 saturated heterocycles. The molecule has 94 valence electrons. The number of hydrogen-bond acceptors (Lipinski definition) is 3. The molecule has 0 atom stereocenters. The largest absolute Gasteiger partial charge is 0.323 e. The van der Waals surface area contributed by atoms with Crippen LogP contribution in [-0.4, -0.2) is 4.98 Å². The Labute approximate surface area is 115 Å². The van der Waals surface area contributed by atoms with Gasteiger partial charge in [-0.3, -0.25) is 10.8 Å².